The minimum absolute atomic E-state index is 0.0309. The molecule has 2 aromatic heterocycles. The van der Waals surface area contributed by atoms with Gasteiger partial charge in [0.05, 0.1) is 6.61 Å². The van der Waals surface area contributed by atoms with Crippen molar-refractivity contribution >= 4 is 18.1 Å². The monoisotopic (exact) mass is 397 g/mol. The molecule has 0 unspecified atom stereocenters. The second kappa shape index (κ2) is 9.80. The number of aromatic nitrogens is 4. The quantitative estimate of drug-likeness (QED) is 0.542. The van der Waals surface area contributed by atoms with E-state index in [1.54, 1.807) is 6.20 Å². The lowest BCUT2D eigenvalue weighted by Gasteiger charge is -2.09. The highest BCUT2D eigenvalue weighted by Crippen LogP contribution is 2.21. The molecule has 7 nitrogen and oxygen atoms in total. The fourth-order valence-electron chi connectivity index (χ4n) is 2.79. The third kappa shape index (κ3) is 5.26. The molecule has 3 rings (SSSR count). The topological polar surface area (TPSA) is 84.8 Å². The molecule has 2 heterocycles. The number of hydrogen-bond acceptors (Lipinski definition) is 5. The number of H-pyrrole nitrogens is 1. The van der Waals surface area contributed by atoms with Crippen LogP contribution < -0.4 is 10.1 Å². The molecule has 0 aliphatic carbocycles. The summed E-state index contributed by atoms with van der Waals surface area (Å²) in [6.45, 7) is 3.57. The molecule has 8 heteroatoms. The summed E-state index contributed by atoms with van der Waals surface area (Å²) < 4.78 is 7.80. The highest BCUT2D eigenvalue weighted by atomic mass is 32.1. The average Bonchev–Trinajstić information content (AvgIpc) is 3.08. The van der Waals surface area contributed by atoms with Crippen LogP contribution in [0, 0.1) is 4.77 Å². The molecule has 0 radical (unpaired) electrons. The van der Waals surface area contributed by atoms with Gasteiger partial charge in [0.1, 0.15) is 5.75 Å². The summed E-state index contributed by atoms with van der Waals surface area (Å²) in [5.74, 6) is 1.48. The van der Waals surface area contributed by atoms with Gasteiger partial charge in [-0.15, -0.1) is 0 Å². The molecule has 3 aromatic rings. The van der Waals surface area contributed by atoms with Gasteiger partial charge in [-0.1, -0.05) is 6.07 Å². The maximum Gasteiger partial charge on any atom is 0.221 e. The SMILES string of the molecule is CCOc1ccc(-c2n[nH]c(=S)n2CCC(=O)NCCc2ccccn2)cc1. The van der Waals surface area contributed by atoms with E-state index < -0.39 is 0 Å². The van der Waals surface area contributed by atoms with Crippen molar-refractivity contribution < 1.29 is 9.53 Å². The maximum absolute atomic E-state index is 12.2. The number of amides is 1. The van der Waals surface area contributed by atoms with Crippen LogP contribution in [-0.2, 0) is 17.8 Å². The Morgan fingerprint density at radius 1 is 1.25 bits per heavy atom. The fraction of sp³-hybridized carbons (Fsp3) is 0.300. The Bertz CT molecular complexity index is 951. The molecule has 0 atom stereocenters. The van der Waals surface area contributed by atoms with Gasteiger partial charge < -0.3 is 10.1 Å². The summed E-state index contributed by atoms with van der Waals surface area (Å²) in [4.78, 5) is 16.4. The van der Waals surface area contributed by atoms with Gasteiger partial charge >= 0.3 is 0 Å². The van der Waals surface area contributed by atoms with Gasteiger partial charge in [0.25, 0.3) is 0 Å². The highest BCUT2D eigenvalue weighted by Gasteiger charge is 2.11. The zero-order chi connectivity index (χ0) is 19.8. The van der Waals surface area contributed by atoms with Crippen molar-refractivity contribution in [2.45, 2.75) is 26.3 Å². The first-order chi connectivity index (χ1) is 13.7. The number of rotatable bonds is 9. The predicted octanol–water partition coefficient (Wildman–Crippen LogP) is 3.15. The van der Waals surface area contributed by atoms with Crippen molar-refractivity contribution in [1.82, 2.24) is 25.1 Å². The van der Waals surface area contributed by atoms with Gasteiger partial charge in [0.15, 0.2) is 10.6 Å². The van der Waals surface area contributed by atoms with Crippen LogP contribution in [0.5, 0.6) is 5.75 Å². The standard InChI is InChI=1S/C20H23N5O2S/c1-2-27-17-8-6-15(7-9-17)19-23-24-20(28)25(19)14-11-18(26)22-13-10-16-5-3-4-12-21-16/h3-9,12H,2,10-11,13-14H2,1H3,(H,22,26)(H,24,28). The summed E-state index contributed by atoms with van der Waals surface area (Å²) in [5, 5.41) is 10.0. The molecule has 28 heavy (non-hydrogen) atoms. The molecule has 0 aliphatic heterocycles. The first kappa shape index (κ1) is 19.8. The number of nitrogens with zero attached hydrogens (tertiary/aromatic N) is 3. The Morgan fingerprint density at radius 3 is 2.79 bits per heavy atom. The van der Waals surface area contributed by atoms with Crippen molar-refractivity contribution in [1.29, 1.82) is 0 Å². The van der Waals surface area contributed by atoms with E-state index in [1.165, 1.54) is 0 Å². The van der Waals surface area contributed by atoms with Gasteiger partial charge in [-0.2, -0.15) is 5.10 Å². The van der Waals surface area contributed by atoms with E-state index >= 15 is 0 Å². The number of benzene rings is 1. The highest BCUT2D eigenvalue weighted by molar-refractivity contribution is 7.71. The van der Waals surface area contributed by atoms with Crippen LogP contribution in [-0.4, -0.2) is 38.8 Å². The molecule has 0 saturated carbocycles. The molecule has 1 aromatic carbocycles. The van der Waals surface area contributed by atoms with E-state index in [-0.39, 0.29) is 5.91 Å². The van der Waals surface area contributed by atoms with Crippen LogP contribution in [0.1, 0.15) is 19.0 Å². The summed E-state index contributed by atoms with van der Waals surface area (Å²) in [5.41, 5.74) is 1.86. The predicted molar refractivity (Wildman–Crippen MR) is 110 cm³/mol. The van der Waals surface area contributed by atoms with Crippen LogP contribution >= 0.6 is 12.2 Å². The van der Waals surface area contributed by atoms with Crippen LogP contribution in [0.2, 0.25) is 0 Å². The van der Waals surface area contributed by atoms with Gasteiger partial charge in [-0.25, -0.2) is 0 Å². The van der Waals surface area contributed by atoms with E-state index in [1.807, 2.05) is 54.0 Å². The maximum atomic E-state index is 12.2. The lowest BCUT2D eigenvalue weighted by molar-refractivity contribution is -0.121. The Labute approximate surface area is 168 Å². The summed E-state index contributed by atoms with van der Waals surface area (Å²) in [6.07, 6.45) is 2.77. The van der Waals surface area contributed by atoms with Crippen LogP contribution in [0.25, 0.3) is 11.4 Å². The normalized spacial score (nSPS) is 10.6. The third-order valence-corrected chi connectivity index (χ3v) is 4.49. The van der Waals surface area contributed by atoms with E-state index in [0.717, 1.165) is 17.0 Å². The van der Waals surface area contributed by atoms with Gasteiger partial charge in [-0.3, -0.25) is 19.4 Å². The van der Waals surface area contributed by atoms with Gasteiger partial charge in [-0.05, 0) is 55.5 Å². The molecule has 0 fully saturated rings. The molecular weight excluding hydrogens is 374 g/mol. The molecular formula is C20H23N5O2S. The second-order valence-electron chi connectivity index (χ2n) is 6.13. The first-order valence-electron chi connectivity index (χ1n) is 9.22. The number of pyridine rings is 1. The van der Waals surface area contributed by atoms with Crippen molar-refractivity contribution in [3.05, 3.63) is 59.1 Å². The van der Waals surface area contributed by atoms with Gasteiger partial charge in [0, 0.05) is 43.4 Å². The number of hydrogen-bond donors (Lipinski definition) is 2. The summed E-state index contributed by atoms with van der Waals surface area (Å²) in [7, 11) is 0. The van der Waals surface area contributed by atoms with Crippen molar-refractivity contribution in [2.75, 3.05) is 13.2 Å². The van der Waals surface area contributed by atoms with Gasteiger partial charge in [0.2, 0.25) is 5.91 Å². The van der Waals surface area contributed by atoms with Crippen LogP contribution in [0.4, 0.5) is 0 Å². The first-order valence-corrected chi connectivity index (χ1v) is 9.63. The van der Waals surface area contributed by atoms with Crippen LogP contribution in [0.15, 0.2) is 48.7 Å². The summed E-state index contributed by atoms with van der Waals surface area (Å²) >= 11 is 5.32. The zero-order valence-corrected chi connectivity index (χ0v) is 16.5. The molecule has 0 spiro atoms. The minimum atomic E-state index is -0.0309. The minimum Gasteiger partial charge on any atom is -0.494 e. The lowest BCUT2D eigenvalue weighted by atomic mass is 10.2. The Morgan fingerprint density at radius 2 is 2.07 bits per heavy atom. The fourth-order valence-corrected chi connectivity index (χ4v) is 3.01. The Kier molecular flexibility index (Phi) is 6.91. The number of carbonyl (C=O) groups excluding carboxylic acids is 1. The van der Waals surface area contributed by atoms with E-state index in [4.69, 9.17) is 17.0 Å². The van der Waals surface area contributed by atoms with E-state index in [2.05, 4.69) is 20.5 Å². The average molecular weight is 398 g/mol. The molecule has 0 bridgehead atoms. The smallest absolute Gasteiger partial charge is 0.221 e. The molecule has 0 saturated heterocycles. The van der Waals surface area contributed by atoms with E-state index in [0.29, 0.717) is 43.1 Å². The van der Waals surface area contributed by atoms with Crippen molar-refractivity contribution in [2.24, 2.45) is 0 Å². The largest absolute Gasteiger partial charge is 0.494 e. The number of nitrogens with one attached hydrogen (secondary N) is 2. The van der Waals surface area contributed by atoms with Crippen LogP contribution in [0.3, 0.4) is 0 Å². The summed E-state index contributed by atoms with van der Waals surface area (Å²) in [6, 6.07) is 13.4. The van der Waals surface area contributed by atoms with Crippen molar-refractivity contribution in [3.8, 4) is 17.1 Å². The number of carbonyl (C=O) groups is 1. The number of ether oxygens (including phenoxy) is 1. The molecule has 1 amide bonds. The molecule has 146 valence electrons. The molecule has 2 N–H and O–H groups in total. The molecule has 0 aliphatic rings. The van der Waals surface area contributed by atoms with E-state index in [9.17, 15) is 4.79 Å². The Hall–Kier alpha value is -3.00. The zero-order valence-electron chi connectivity index (χ0n) is 15.7. The number of aromatic amines is 1. The lowest BCUT2D eigenvalue weighted by Crippen LogP contribution is -2.26. The second-order valence-corrected chi connectivity index (χ2v) is 6.52. The van der Waals surface area contributed by atoms with Crippen molar-refractivity contribution in [3.63, 3.8) is 0 Å². The Balaban J connectivity index is 1.56. The third-order valence-electron chi connectivity index (χ3n) is 4.17.